The van der Waals surface area contributed by atoms with Crippen molar-refractivity contribution in [2.75, 3.05) is 18.1 Å². The number of aliphatic hydroxyl groups is 1. The van der Waals surface area contributed by atoms with E-state index in [1.54, 1.807) is 22.7 Å². The van der Waals surface area contributed by atoms with Gasteiger partial charge in [0.2, 0.25) is 0 Å². The molecule has 2 atom stereocenters. The van der Waals surface area contributed by atoms with Gasteiger partial charge in [-0.15, -0.1) is 22.7 Å². The van der Waals surface area contributed by atoms with Crippen molar-refractivity contribution >= 4 is 43.8 Å². The van der Waals surface area contributed by atoms with Crippen LogP contribution in [0.3, 0.4) is 0 Å². The standard InChI is InChI=1S/C16H20O2S3/c17-15(14-9-13-12(21-14)2-6-20-13)11-1-5-18-16(10-11)3-7-19-8-4-16/h2,6,9,11,15,17H,1,3-5,7-8,10H2. The van der Waals surface area contributed by atoms with Gasteiger partial charge < -0.3 is 9.84 Å². The van der Waals surface area contributed by atoms with Gasteiger partial charge in [-0.25, -0.2) is 0 Å². The molecule has 114 valence electrons. The van der Waals surface area contributed by atoms with E-state index < -0.39 is 0 Å². The summed E-state index contributed by atoms with van der Waals surface area (Å²) in [4.78, 5) is 1.14. The fourth-order valence-corrected chi connectivity index (χ4v) is 7.03. The Morgan fingerprint density at radius 2 is 2.14 bits per heavy atom. The van der Waals surface area contributed by atoms with Crippen LogP contribution in [0.25, 0.3) is 9.40 Å². The van der Waals surface area contributed by atoms with Gasteiger partial charge in [-0.05, 0) is 60.6 Å². The van der Waals surface area contributed by atoms with Gasteiger partial charge in [-0.1, -0.05) is 0 Å². The minimum atomic E-state index is -0.315. The van der Waals surface area contributed by atoms with E-state index in [4.69, 9.17) is 4.74 Å². The van der Waals surface area contributed by atoms with E-state index in [1.807, 2.05) is 11.8 Å². The number of fused-ring (bicyclic) bond motifs is 1. The highest BCUT2D eigenvalue weighted by Gasteiger charge is 2.41. The van der Waals surface area contributed by atoms with E-state index in [2.05, 4.69) is 17.5 Å². The number of thiophene rings is 2. The number of ether oxygens (including phenoxy) is 1. The van der Waals surface area contributed by atoms with Crippen LogP contribution >= 0.6 is 34.4 Å². The Bertz CT molecular complexity index is 578. The van der Waals surface area contributed by atoms with E-state index >= 15 is 0 Å². The van der Waals surface area contributed by atoms with Gasteiger partial charge in [0, 0.05) is 20.9 Å². The monoisotopic (exact) mass is 340 g/mol. The fraction of sp³-hybridized carbons (Fsp3) is 0.625. The molecule has 5 heteroatoms. The third kappa shape index (κ3) is 2.79. The summed E-state index contributed by atoms with van der Waals surface area (Å²) >= 11 is 5.56. The van der Waals surface area contributed by atoms with Crippen LogP contribution in [0.5, 0.6) is 0 Å². The Morgan fingerprint density at radius 1 is 1.29 bits per heavy atom. The van der Waals surface area contributed by atoms with Gasteiger partial charge in [-0.2, -0.15) is 11.8 Å². The number of rotatable bonds is 2. The molecule has 2 unspecified atom stereocenters. The quantitative estimate of drug-likeness (QED) is 0.860. The molecule has 2 aromatic heterocycles. The van der Waals surface area contributed by atoms with Crippen LogP contribution in [0.4, 0.5) is 0 Å². The molecule has 2 aliphatic heterocycles. The summed E-state index contributed by atoms with van der Waals surface area (Å²) in [6, 6.07) is 4.35. The van der Waals surface area contributed by atoms with E-state index in [0.717, 1.165) is 37.2 Å². The van der Waals surface area contributed by atoms with Gasteiger partial charge >= 0.3 is 0 Å². The number of hydrogen-bond acceptors (Lipinski definition) is 5. The minimum absolute atomic E-state index is 0.0593. The van der Waals surface area contributed by atoms with Crippen LogP contribution in [0.1, 0.15) is 36.7 Å². The van der Waals surface area contributed by atoms with Gasteiger partial charge in [0.25, 0.3) is 0 Å². The lowest BCUT2D eigenvalue weighted by atomic mass is 9.79. The Balaban J connectivity index is 1.53. The van der Waals surface area contributed by atoms with Gasteiger partial charge in [0.1, 0.15) is 0 Å². The first-order valence-corrected chi connectivity index (χ1v) is 10.5. The van der Waals surface area contributed by atoms with Crippen LogP contribution in [-0.4, -0.2) is 28.8 Å². The van der Waals surface area contributed by atoms with E-state index in [9.17, 15) is 5.11 Å². The second-order valence-corrected chi connectivity index (χ2v) is 9.43. The summed E-state index contributed by atoms with van der Waals surface area (Å²) in [5.41, 5.74) is 0.0593. The first-order valence-electron chi connectivity index (χ1n) is 7.62. The number of hydrogen-bond donors (Lipinski definition) is 1. The molecule has 2 aliphatic rings. The SMILES string of the molecule is OC(c1cc2sccc2s1)C1CCOC2(CCSCC2)C1. The lowest BCUT2D eigenvalue weighted by molar-refractivity contribution is -0.120. The van der Waals surface area contributed by atoms with Gasteiger partial charge in [0.05, 0.1) is 11.7 Å². The van der Waals surface area contributed by atoms with Crippen molar-refractivity contribution in [3.8, 4) is 0 Å². The zero-order valence-corrected chi connectivity index (χ0v) is 14.4. The summed E-state index contributed by atoms with van der Waals surface area (Å²) in [6.07, 6.45) is 4.01. The van der Waals surface area contributed by atoms with Crippen LogP contribution < -0.4 is 0 Å². The molecule has 0 radical (unpaired) electrons. The summed E-state index contributed by atoms with van der Waals surface area (Å²) in [7, 11) is 0. The maximum Gasteiger partial charge on any atom is 0.0912 e. The maximum atomic E-state index is 10.8. The normalized spacial score (nSPS) is 27.2. The average Bonchev–Trinajstić information content (AvgIpc) is 3.08. The van der Waals surface area contributed by atoms with E-state index in [-0.39, 0.29) is 11.7 Å². The summed E-state index contributed by atoms with van der Waals surface area (Å²) in [5.74, 6) is 2.77. The molecule has 4 heterocycles. The fourth-order valence-electron chi connectivity index (χ4n) is 3.59. The predicted octanol–water partition coefficient (Wildman–Crippen LogP) is 4.69. The van der Waals surface area contributed by atoms with Crippen molar-refractivity contribution in [3.05, 3.63) is 22.4 Å². The van der Waals surface area contributed by atoms with Crippen molar-refractivity contribution in [1.29, 1.82) is 0 Å². The van der Waals surface area contributed by atoms with Gasteiger partial charge in [0.15, 0.2) is 0 Å². The molecule has 1 spiro atoms. The zero-order chi connectivity index (χ0) is 14.3. The Labute approximate surface area is 137 Å². The summed E-state index contributed by atoms with van der Waals surface area (Å²) in [5, 5.41) is 13.0. The molecule has 4 rings (SSSR count). The lowest BCUT2D eigenvalue weighted by Gasteiger charge is -2.44. The topological polar surface area (TPSA) is 29.5 Å². The Morgan fingerprint density at radius 3 is 2.95 bits per heavy atom. The second kappa shape index (κ2) is 5.85. The van der Waals surface area contributed by atoms with Crippen LogP contribution in [0.15, 0.2) is 17.5 Å². The highest BCUT2D eigenvalue weighted by molar-refractivity contribution is 7.99. The molecule has 2 saturated heterocycles. The number of aliphatic hydroxyl groups excluding tert-OH is 1. The molecule has 0 aromatic carbocycles. The van der Waals surface area contributed by atoms with Crippen molar-refractivity contribution < 1.29 is 9.84 Å². The molecule has 21 heavy (non-hydrogen) atoms. The molecule has 1 N–H and O–H groups in total. The first kappa shape index (κ1) is 14.5. The Kier molecular flexibility index (Phi) is 4.05. The molecule has 2 aromatic rings. The van der Waals surface area contributed by atoms with Crippen LogP contribution in [0.2, 0.25) is 0 Å². The third-order valence-electron chi connectivity index (χ3n) is 4.83. The van der Waals surface area contributed by atoms with Crippen molar-refractivity contribution in [2.24, 2.45) is 5.92 Å². The average molecular weight is 341 g/mol. The number of thioether (sulfide) groups is 1. The van der Waals surface area contributed by atoms with E-state index in [1.165, 1.54) is 20.9 Å². The smallest absolute Gasteiger partial charge is 0.0912 e. The minimum Gasteiger partial charge on any atom is -0.387 e. The van der Waals surface area contributed by atoms with Crippen molar-refractivity contribution in [1.82, 2.24) is 0 Å². The summed E-state index contributed by atoms with van der Waals surface area (Å²) in [6.45, 7) is 0.812. The molecular formula is C16H20O2S3. The van der Waals surface area contributed by atoms with Crippen LogP contribution in [-0.2, 0) is 4.74 Å². The van der Waals surface area contributed by atoms with Gasteiger partial charge in [-0.3, -0.25) is 0 Å². The highest BCUT2D eigenvalue weighted by Crippen LogP contribution is 2.45. The van der Waals surface area contributed by atoms with Crippen LogP contribution in [0, 0.1) is 5.92 Å². The predicted molar refractivity (Wildman–Crippen MR) is 92.6 cm³/mol. The molecular weight excluding hydrogens is 320 g/mol. The zero-order valence-electron chi connectivity index (χ0n) is 11.9. The maximum absolute atomic E-state index is 10.8. The first-order chi connectivity index (χ1) is 10.3. The highest BCUT2D eigenvalue weighted by atomic mass is 32.2. The summed E-state index contributed by atoms with van der Waals surface area (Å²) < 4.78 is 8.77. The second-order valence-electron chi connectivity index (χ2n) is 6.14. The molecule has 2 nitrogen and oxygen atoms in total. The molecule has 0 amide bonds. The van der Waals surface area contributed by atoms with Crippen molar-refractivity contribution in [3.63, 3.8) is 0 Å². The van der Waals surface area contributed by atoms with Crippen molar-refractivity contribution in [2.45, 2.75) is 37.4 Å². The molecule has 0 bridgehead atoms. The largest absolute Gasteiger partial charge is 0.387 e. The van der Waals surface area contributed by atoms with E-state index in [0.29, 0.717) is 5.92 Å². The lowest BCUT2D eigenvalue weighted by Crippen LogP contribution is -2.44. The molecule has 2 fully saturated rings. The third-order valence-corrected chi connectivity index (χ3v) is 7.98. The molecule has 0 saturated carbocycles. The Hall–Kier alpha value is -0.0700. The molecule has 0 aliphatic carbocycles.